The predicted octanol–water partition coefficient (Wildman–Crippen LogP) is 0.337. The van der Waals surface area contributed by atoms with E-state index in [4.69, 9.17) is 0 Å². The Morgan fingerprint density at radius 1 is 1.75 bits per heavy atom. The largest absolute Gasteiger partial charge is 0.337 e. The first-order chi connectivity index (χ1) is 7.72. The fourth-order valence-electron chi connectivity index (χ4n) is 1.99. The molecule has 1 amide bonds. The van der Waals surface area contributed by atoms with Crippen LogP contribution in [0.5, 0.6) is 0 Å². The van der Waals surface area contributed by atoms with Crippen molar-refractivity contribution >= 4 is 5.91 Å². The Morgan fingerprint density at radius 2 is 2.56 bits per heavy atom. The van der Waals surface area contributed by atoms with Gasteiger partial charge in [0, 0.05) is 32.4 Å². The summed E-state index contributed by atoms with van der Waals surface area (Å²) in [5, 5.41) is 7.38. The summed E-state index contributed by atoms with van der Waals surface area (Å²) in [4.78, 5) is 13.9. The van der Waals surface area contributed by atoms with Gasteiger partial charge < -0.3 is 10.2 Å². The zero-order chi connectivity index (χ0) is 11.5. The molecule has 1 aliphatic rings. The van der Waals surface area contributed by atoms with Gasteiger partial charge >= 0.3 is 0 Å². The quantitative estimate of drug-likeness (QED) is 0.802. The molecule has 1 fully saturated rings. The average molecular weight is 222 g/mol. The van der Waals surface area contributed by atoms with Crippen molar-refractivity contribution in [2.45, 2.75) is 25.9 Å². The molecule has 1 N–H and O–H groups in total. The minimum Gasteiger partial charge on any atom is -0.337 e. The van der Waals surface area contributed by atoms with E-state index in [-0.39, 0.29) is 5.91 Å². The maximum atomic E-state index is 12.1. The van der Waals surface area contributed by atoms with Crippen LogP contribution in [-0.2, 0) is 6.54 Å². The molecule has 2 heterocycles. The van der Waals surface area contributed by atoms with E-state index in [2.05, 4.69) is 10.4 Å². The molecule has 1 aromatic heterocycles. The van der Waals surface area contributed by atoms with E-state index in [0.29, 0.717) is 11.6 Å². The van der Waals surface area contributed by atoms with E-state index >= 15 is 0 Å². The molecule has 1 aromatic rings. The van der Waals surface area contributed by atoms with Gasteiger partial charge in [-0.2, -0.15) is 5.10 Å². The molecule has 1 saturated heterocycles. The third kappa shape index (κ3) is 2.09. The highest BCUT2D eigenvalue weighted by Crippen LogP contribution is 2.10. The summed E-state index contributed by atoms with van der Waals surface area (Å²) >= 11 is 0. The summed E-state index contributed by atoms with van der Waals surface area (Å²) in [5.41, 5.74) is 0.677. The van der Waals surface area contributed by atoms with Crippen LogP contribution in [0.25, 0.3) is 0 Å². The van der Waals surface area contributed by atoms with Crippen LogP contribution in [0.4, 0.5) is 0 Å². The second-order valence-electron chi connectivity index (χ2n) is 4.15. The van der Waals surface area contributed by atoms with Gasteiger partial charge in [0.25, 0.3) is 5.91 Å². The highest BCUT2D eigenvalue weighted by molar-refractivity contribution is 5.93. The second-order valence-corrected chi connectivity index (χ2v) is 4.15. The standard InChI is InChI=1S/C11H18N4O/c1-3-15-8-9(6-13-15)11(16)14(2)10-4-5-12-7-10/h6,8,10,12H,3-5,7H2,1-2H3. The topological polar surface area (TPSA) is 50.2 Å². The maximum absolute atomic E-state index is 12.1. The van der Waals surface area contributed by atoms with Gasteiger partial charge in [-0.25, -0.2) is 0 Å². The molecule has 0 bridgehead atoms. The zero-order valence-corrected chi connectivity index (χ0v) is 9.81. The van der Waals surface area contributed by atoms with E-state index in [9.17, 15) is 4.79 Å². The molecule has 1 aliphatic heterocycles. The first-order valence-corrected chi connectivity index (χ1v) is 5.72. The number of nitrogens with one attached hydrogen (secondary N) is 1. The normalized spacial score (nSPS) is 20.0. The molecule has 5 nitrogen and oxygen atoms in total. The Kier molecular flexibility index (Phi) is 3.24. The van der Waals surface area contributed by atoms with Gasteiger partial charge in [-0.05, 0) is 19.9 Å². The van der Waals surface area contributed by atoms with Crippen molar-refractivity contribution in [3.8, 4) is 0 Å². The first-order valence-electron chi connectivity index (χ1n) is 5.72. The second kappa shape index (κ2) is 4.65. The number of aryl methyl sites for hydroxylation is 1. The minimum absolute atomic E-state index is 0.0633. The van der Waals surface area contributed by atoms with Crippen LogP contribution in [0.2, 0.25) is 0 Å². The van der Waals surface area contributed by atoms with Gasteiger partial charge in [0.1, 0.15) is 0 Å². The number of nitrogens with zero attached hydrogens (tertiary/aromatic N) is 3. The highest BCUT2D eigenvalue weighted by atomic mass is 16.2. The van der Waals surface area contributed by atoms with E-state index in [1.165, 1.54) is 0 Å². The van der Waals surface area contributed by atoms with Crippen LogP contribution in [0, 0.1) is 0 Å². The molecule has 0 aliphatic carbocycles. The lowest BCUT2D eigenvalue weighted by Gasteiger charge is -2.22. The third-order valence-electron chi connectivity index (χ3n) is 3.11. The lowest BCUT2D eigenvalue weighted by molar-refractivity contribution is 0.0743. The van der Waals surface area contributed by atoms with Crippen molar-refractivity contribution in [3.05, 3.63) is 18.0 Å². The van der Waals surface area contributed by atoms with Gasteiger partial charge in [0.15, 0.2) is 0 Å². The molecule has 2 rings (SSSR count). The summed E-state index contributed by atoms with van der Waals surface area (Å²) in [6.07, 6.45) is 4.48. The van der Waals surface area contributed by atoms with Crippen LogP contribution in [0.1, 0.15) is 23.7 Å². The van der Waals surface area contributed by atoms with Crippen LogP contribution >= 0.6 is 0 Å². The number of hydrogen-bond acceptors (Lipinski definition) is 3. The fraction of sp³-hybridized carbons (Fsp3) is 0.636. The smallest absolute Gasteiger partial charge is 0.257 e. The zero-order valence-electron chi connectivity index (χ0n) is 9.81. The summed E-state index contributed by atoms with van der Waals surface area (Å²) in [7, 11) is 1.86. The Balaban J connectivity index is 2.05. The SMILES string of the molecule is CCn1cc(C(=O)N(C)C2CCNC2)cn1. The lowest BCUT2D eigenvalue weighted by Crippen LogP contribution is -2.38. The number of aromatic nitrogens is 2. The number of likely N-dealkylation sites (N-methyl/N-ethyl adjacent to an activating group) is 1. The summed E-state index contributed by atoms with van der Waals surface area (Å²) in [5.74, 6) is 0.0633. The number of rotatable bonds is 3. The fourth-order valence-corrected chi connectivity index (χ4v) is 1.99. The molecular formula is C11H18N4O. The molecule has 0 spiro atoms. The monoisotopic (exact) mass is 222 g/mol. The molecule has 88 valence electrons. The Bertz CT molecular complexity index is 368. The first kappa shape index (κ1) is 11.1. The van der Waals surface area contributed by atoms with Gasteiger partial charge in [-0.15, -0.1) is 0 Å². The molecule has 0 saturated carbocycles. The van der Waals surface area contributed by atoms with E-state index in [0.717, 1.165) is 26.1 Å². The Morgan fingerprint density at radius 3 is 3.12 bits per heavy atom. The van der Waals surface area contributed by atoms with Crippen LogP contribution in [0.15, 0.2) is 12.4 Å². The van der Waals surface area contributed by atoms with Crippen molar-refractivity contribution in [2.75, 3.05) is 20.1 Å². The van der Waals surface area contributed by atoms with Crippen molar-refractivity contribution in [2.24, 2.45) is 0 Å². The molecule has 0 radical (unpaired) electrons. The molecule has 0 aromatic carbocycles. The molecule has 5 heteroatoms. The third-order valence-corrected chi connectivity index (χ3v) is 3.11. The summed E-state index contributed by atoms with van der Waals surface area (Å²) in [6, 6.07) is 0.317. The van der Waals surface area contributed by atoms with Gasteiger partial charge in [0.2, 0.25) is 0 Å². The van der Waals surface area contributed by atoms with Crippen molar-refractivity contribution in [3.63, 3.8) is 0 Å². The number of carbonyl (C=O) groups excluding carboxylic acids is 1. The summed E-state index contributed by atoms with van der Waals surface area (Å²) in [6.45, 7) is 4.69. The van der Waals surface area contributed by atoms with Crippen LogP contribution in [-0.4, -0.2) is 46.8 Å². The van der Waals surface area contributed by atoms with Gasteiger partial charge in [0.05, 0.1) is 11.8 Å². The number of carbonyl (C=O) groups is 1. The van der Waals surface area contributed by atoms with E-state index < -0.39 is 0 Å². The number of hydrogen-bond donors (Lipinski definition) is 1. The molecule has 1 unspecified atom stereocenters. The molecule has 16 heavy (non-hydrogen) atoms. The average Bonchev–Trinajstić information content (AvgIpc) is 2.97. The van der Waals surface area contributed by atoms with Crippen LogP contribution in [0.3, 0.4) is 0 Å². The van der Waals surface area contributed by atoms with Crippen molar-refractivity contribution in [1.29, 1.82) is 0 Å². The van der Waals surface area contributed by atoms with Gasteiger partial charge in [-0.3, -0.25) is 9.48 Å². The predicted molar refractivity (Wildman–Crippen MR) is 61.3 cm³/mol. The van der Waals surface area contributed by atoms with E-state index in [1.54, 1.807) is 17.1 Å². The minimum atomic E-state index is 0.0633. The van der Waals surface area contributed by atoms with E-state index in [1.807, 2.05) is 18.9 Å². The Hall–Kier alpha value is -1.36. The van der Waals surface area contributed by atoms with Crippen molar-refractivity contribution < 1.29 is 4.79 Å². The van der Waals surface area contributed by atoms with Crippen LogP contribution < -0.4 is 5.32 Å². The maximum Gasteiger partial charge on any atom is 0.257 e. The Labute approximate surface area is 95.4 Å². The lowest BCUT2D eigenvalue weighted by atomic mass is 10.2. The highest BCUT2D eigenvalue weighted by Gasteiger charge is 2.24. The molecular weight excluding hydrogens is 204 g/mol. The van der Waals surface area contributed by atoms with Crippen molar-refractivity contribution in [1.82, 2.24) is 20.0 Å². The number of amides is 1. The molecule has 1 atom stereocenters. The van der Waals surface area contributed by atoms with Gasteiger partial charge in [-0.1, -0.05) is 0 Å². The summed E-state index contributed by atoms with van der Waals surface area (Å²) < 4.78 is 1.77.